The molecule has 0 unspecified atom stereocenters. The van der Waals surface area contributed by atoms with Crippen molar-refractivity contribution in [3.05, 3.63) is 34.2 Å². The Hall–Kier alpha value is -1.53. The van der Waals surface area contributed by atoms with Gasteiger partial charge in [0.05, 0.1) is 35.3 Å². The Balaban J connectivity index is 2.02. The van der Waals surface area contributed by atoms with Gasteiger partial charge in [0.2, 0.25) is 0 Å². The molecule has 2 aromatic heterocycles. The van der Waals surface area contributed by atoms with Gasteiger partial charge in [0.25, 0.3) is 0 Å². The molecule has 0 spiro atoms. The summed E-state index contributed by atoms with van der Waals surface area (Å²) >= 11 is 1.67. The number of aryl methyl sites for hydroxylation is 1. The molecule has 2 rings (SSSR count). The highest BCUT2D eigenvalue weighted by Crippen LogP contribution is 2.13. The fourth-order valence-electron chi connectivity index (χ4n) is 1.62. The van der Waals surface area contributed by atoms with Crippen molar-refractivity contribution in [2.45, 2.75) is 20.0 Å². The Morgan fingerprint density at radius 3 is 2.67 bits per heavy atom. The van der Waals surface area contributed by atoms with Crippen molar-refractivity contribution in [1.29, 1.82) is 0 Å². The van der Waals surface area contributed by atoms with Crippen molar-refractivity contribution < 1.29 is 0 Å². The fourth-order valence-corrected chi connectivity index (χ4v) is 2.23. The van der Waals surface area contributed by atoms with Gasteiger partial charge in [0.15, 0.2) is 0 Å². The van der Waals surface area contributed by atoms with Gasteiger partial charge in [0, 0.05) is 19.0 Å². The SMILES string of the molecule is CNCc1cnc(N(C)Cc2csc(C)n2)cn1. The lowest BCUT2D eigenvalue weighted by Gasteiger charge is -2.16. The topological polar surface area (TPSA) is 53.9 Å². The van der Waals surface area contributed by atoms with E-state index in [2.05, 4.69) is 25.6 Å². The monoisotopic (exact) mass is 263 g/mol. The zero-order valence-corrected chi connectivity index (χ0v) is 11.7. The summed E-state index contributed by atoms with van der Waals surface area (Å²) in [5, 5.41) is 6.22. The maximum atomic E-state index is 4.44. The van der Waals surface area contributed by atoms with Crippen molar-refractivity contribution in [2.75, 3.05) is 19.0 Å². The summed E-state index contributed by atoms with van der Waals surface area (Å²) in [6, 6.07) is 0. The zero-order valence-electron chi connectivity index (χ0n) is 10.8. The minimum atomic E-state index is 0.738. The molecule has 0 bridgehead atoms. The molecule has 0 atom stereocenters. The lowest BCUT2D eigenvalue weighted by Crippen LogP contribution is -2.18. The molecule has 0 aliphatic heterocycles. The van der Waals surface area contributed by atoms with Gasteiger partial charge in [-0.3, -0.25) is 4.98 Å². The normalized spacial score (nSPS) is 10.6. The number of aromatic nitrogens is 3. The molecule has 0 fully saturated rings. The first-order chi connectivity index (χ1) is 8.69. The van der Waals surface area contributed by atoms with Crippen LogP contribution in [0.3, 0.4) is 0 Å². The van der Waals surface area contributed by atoms with Crippen molar-refractivity contribution in [2.24, 2.45) is 0 Å². The Morgan fingerprint density at radius 1 is 1.28 bits per heavy atom. The maximum absolute atomic E-state index is 4.44. The van der Waals surface area contributed by atoms with E-state index in [-0.39, 0.29) is 0 Å². The number of anilines is 1. The van der Waals surface area contributed by atoms with Crippen LogP contribution in [-0.2, 0) is 13.1 Å². The molecule has 0 amide bonds. The van der Waals surface area contributed by atoms with Crippen molar-refractivity contribution in [3.63, 3.8) is 0 Å². The highest BCUT2D eigenvalue weighted by atomic mass is 32.1. The third-order valence-corrected chi connectivity index (χ3v) is 3.33. The summed E-state index contributed by atoms with van der Waals surface area (Å²) in [6.45, 7) is 3.51. The minimum Gasteiger partial charge on any atom is -0.352 e. The largest absolute Gasteiger partial charge is 0.352 e. The van der Waals surface area contributed by atoms with Crippen LogP contribution in [0.1, 0.15) is 16.4 Å². The molecule has 0 saturated heterocycles. The molecule has 0 aliphatic carbocycles. The summed E-state index contributed by atoms with van der Waals surface area (Å²) in [4.78, 5) is 15.2. The molecule has 6 heteroatoms. The Kier molecular flexibility index (Phi) is 4.22. The van der Waals surface area contributed by atoms with Crippen LogP contribution in [0.2, 0.25) is 0 Å². The minimum absolute atomic E-state index is 0.738. The lowest BCUT2D eigenvalue weighted by atomic mass is 10.4. The van der Waals surface area contributed by atoms with E-state index in [0.717, 1.165) is 35.3 Å². The number of nitrogens with zero attached hydrogens (tertiary/aromatic N) is 4. The standard InChI is InChI=1S/C12H17N5S/c1-9-16-11(8-18-9)7-17(3)12-6-14-10(4-13-2)5-15-12/h5-6,8,13H,4,7H2,1-3H3. The number of hydrogen-bond donors (Lipinski definition) is 1. The number of rotatable bonds is 5. The van der Waals surface area contributed by atoms with Gasteiger partial charge in [-0.15, -0.1) is 11.3 Å². The van der Waals surface area contributed by atoms with E-state index in [1.807, 2.05) is 25.9 Å². The van der Waals surface area contributed by atoms with E-state index in [9.17, 15) is 0 Å². The quantitative estimate of drug-likeness (QED) is 0.888. The molecule has 2 aromatic rings. The zero-order chi connectivity index (χ0) is 13.0. The summed E-state index contributed by atoms with van der Waals surface area (Å²) in [5.41, 5.74) is 2.01. The molecule has 2 heterocycles. The van der Waals surface area contributed by atoms with Crippen LogP contribution in [-0.4, -0.2) is 29.0 Å². The molecule has 0 radical (unpaired) electrons. The molecule has 1 N–H and O–H groups in total. The lowest BCUT2D eigenvalue weighted by molar-refractivity contribution is 0.778. The van der Waals surface area contributed by atoms with Crippen LogP contribution >= 0.6 is 11.3 Å². The van der Waals surface area contributed by atoms with Crippen LogP contribution in [0.4, 0.5) is 5.82 Å². The van der Waals surface area contributed by atoms with E-state index < -0.39 is 0 Å². The molecule has 0 aliphatic rings. The third-order valence-electron chi connectivity index (χ3n) is 2.51. The van der Waals surface area contributed by atoms with Gasteiger partial charge in [-0.05, 0) is 14.0 Å². The smallest absolute Gasteiger partial charge is 0.147 e. The van der Waals surface area contributed by atoms with Crippen LogP contribution in [0.15, 0.2) is 17.8 Å². The van der Waals surface area contributed by atoms with E-state index in [1.165, 1.54) is 0 Å². The van der Waals surface area contributed by atoms with E-state index >= 15 is 0 Å². The van der Waals surface area contributed by atoms with Gasteiger partial charge in [-0.25, -0.2) is 9.97 Å². The first-order valence-electron chi connectivity index (χ1n) is 5.76. The highest BCUT2D eigenvalue weighted by molar-refractivity contribution is 7.09. The fraction of sp³-hybridized carbons (Fsp3) is 0.417. The molecular formula is C12H17N5S. The average Bonchev–Trinajstić information content (AvgIpc) is 2.76. The Bertz CT molecular complexity index is 493. The van der Waals surface area contributed by atoms with Crippen molar-refractivity contribution in [3.8, 4) is 0 Å². The second-order valence-electron chi connectivity index (χ2n) is 4.11. The van der Waals surface area contributed by atoms with Gasteiger partial charge in [-0.1, -0.05) is 0 Å². The number of hydrogen-bond acceptors (Lipinski definition) is 6. The van der Waals surface area contributed by atoms with Gasteiger partial charge in [-0.2, -0.15) is 0 Å². The van der Waals surface area contributed by atoms with E-state index in [0.29, 0.717) is 0 Å². The molecule has 5 nitrogen and oxygen atoms in total. The van der Waals surface area contributed by atoms with Gasteiger partial charge >= 0.3 is 0 Å². The van der Waals surface area contributed by atoms with Crippen LogP contribution in [0.25, 0.3) is 0 Å². The molecule has 96 valence electrons. The van der Waals surface area contributed by atoms with Crippen molar-refractivity contribution >= 4 is 17.2 Å². The Morgan fingerprint density at radius 2 is 2.11 bits per heavy atom. The summed E-state index contributed by atoms with van der Waals surface area (Å²) in [5.74, 6) is 0.862. The summed E-state index contributed by atoms with van der Waals surface area (Å²) in [6.07, 6.45) is 3.60. The Labute approximate surface area is 111 Å². The maximum Gasteiger partial charge on any atom is 0.147 e. The van der Waals surface area contributed by atoms with Crippen molar-refractivity contribution in [1.82, 2.24) is 20.3 Å². The molecule has 0 aromatic carbocycles. The second kappa shape index (κ2) is 5.88. The molecule has 0 saturated carbocycles. The van der Waals surface area contributed by atoms with Gasteiger partial charge in [0.1, 0.15) is 5.82 Å². The average molecular weight is 263 g/mol. The second-order valence-corrected chi connectivity index (χ2v) is 5.17. The summed E-state index contributed by atoms with van der Waals surface area (Å²) in [7, 11) is 3.89. The van der Waals surface area contributed by atoms with Gasteiger partial charge < -0.3 is 10.2 Å². The first kappa shape index (κ1) is 12.9. The highest BCUT2D eigenvalue weighted by Gasteiger charge is 2.06. The predicted molar refractivity (Wildman–Crippen MR) is 73.8 cm³/mol. The predicted octanol–water partition coefficient (Wildman–Crippen LogP) is 1.60. The van der Waals surface area contributed by atoms with E-state index in [1.54, 1.807) is 23.7 Å². The number of thiazole rings is 1. The first-order valence-corrected chi connectivity index (χ1v) is 6.64. The van der Waals surface area contributed by atoms with E-state index in [4.69, 9.17) is 0 Å². The molecule has 18 heavy (non-hydrogen) atoms. The summed E-state index contributed by atoms with van der Waals surface area (Å²) < 4.78 is 0. The van der Waals surface area contributed by atoms with Crippen LogP contribution in [0, 0.1) is 6.92 Å². The third kappa shape index (κ3) is 3.24. The van der Waals surface area contributed by atoms with Crippen LogP contribution in [0.5, 0.6) is 0 Å². The number of nitrogens with one attached hydrogen (secondary N) is 1. The van der Waals surface area contributed by atoms with Crippen LogP contribution < -0.4 is 10.2 Å². The molecular weight excluding hydrogens is 246 g/mol.